The summed E-state index contributed by atoms with van der Waals surface area (Å²) in [6, 6.07) is 11.1. The van der Waals surface area contributed by atoms with Crippen molar-refractivity contribution >= 4 is 34.3 Å². The van der Waals surface area contributed by atoms with Crippen LogP contribution in [0.25, 0.3) is 10.9 Å². The average molecular weight is 1060 g/mol. The lowest BCUT2D eigenvalue weighted by Gasteiger charge is -2.63. The Morgan fingerprint density at radius 1 is 0.883 bits per heavy atom. The van der Waals surface area contributed by atoms with Crippen LogP contribution in [-0.4, -0.2) is 191 Å². The fourth-order valence-electron chi connectivity index (χ4n) is 17.0. The number of aromatic amines is 1. The number of benzene rings is 2. The number of anilines is 1. The minimum Gasteiger partial charge on any atom is -0.496 e. The molecule has 12 rings (SSSR count). The summed E-state index contributed by atoms with van der Waals surface area (Å²) in [6.07, 6.45) is 12.3. The molecule has 6 N–H and O–H groups in total. The van der Waals surface area contributed by atoms with Gasteiger partial charge in [-0.15, -0.1) is 0 Å². The van der Waals surface area contributed by atoms with Crippen LogP contribution in [0.2, 0.25) is 0 Å². The normalized spacial score (nSPS) is 36.8. The molecule has 17 nitrogen and oxygen atoms in total. The van der Waals surface area contributed by atoms with Crippen molar-refractivity contribution in [3.05, 3.63) is 77.4 Å². The molecule has 5 unspecified atom stereocenters. The van der Waals surface area contributed by atoms with E-state index in [1.165, 1.54) is 7.11 Å². The lowest BCUT2D eigenvalue weighted by molar-refractivity contribution is -0.204. The van der Waals surface area contributed by atoms with Gasteiger partial charge >= 0.3 is 5.97 Å². The van der Waals surface area contributed by atoms with Crippen LogP contribution in [0.1, 0.15) is 94.0 Å². The molecule has 10 atom stereocenters. The van der Waals surface area contributed by atoms with Gasteiger partial charge in [-0.1, -0.05) is 37.3 Å². The van der Waals surface area contributed by atoms with Crippen LogP contribution in [0.3, 0.4) is 0 Å². The Kier molecular flexibility index (Phi) is 14.6. The molecule has 17 heteroatoms. The number of ether oxygens (including phenoxy) is 5. The van der Waals surface area contributed by atoms with Crippen molar-refractivity contribution in [2.75, 3.05) is 119 Å². The van der Waals surface area contributed by atoms with Gasteiger partial charge in [-0.05, 0) is 124 Å². The van der Waals surface area contributed by atoms with E-state index >= 15 is 9.59 Å². The zero-order valence-corrected chi connectivity index (χ0v) is 46.2. The van der Waals surface area contributed by atoms with Gasteiger partial charge in [0.15, 0.2) is 11.4 Å². The molecule has 6 fully saturated rings. The number of hydrogen-bond donors (Lipinski definition) is 6. The molecule has 1 amide bonds. The number of nitrogens with one attached hydrogen (secondary N) is 3. The number of H-pyrrole nitrogens is 1. The third kappa shape index (κ3) is 8.70. The van der Waals surface area contributed by atoms with Crippen molar-refractivity contribution in [3.63, 3.8) is 0 Å². The smallest absolute Gasteiger partial charge is 0.322 e. The van der Waals surface area contributed by atoms with Crippen molar-refractivity contribution in [1.82, 2.24) is 25.4 Å². The van der Waals surface area contributed by atoms with Crippen LogP contribution in [0.5, 0.6) is 5.75 Å². The van der Waals surface area contributed by atoms with E-state index in [1.54, 1.807) is 14.2 Å². The predicted molar refractivity (Wildman–Crippen MR) is 291 cm³/mol. The number of fused-ring (bicyclic) bond motifs is 9. The van der Waals surface area contributed by atoms with E-state index < -0.39 is 51.5 Å². The van der Waals surface area contributed by atoms with Crippen LogP contribution in [0.4, 0.5) is 5.69 Å². The summed E-state index contributed by atoms with van der Waals surface area (Å²) in [5.74, 6) is -0.788. The number of esters is 1. The summed E-state index contributed by atoms with van der Waals surface area (Å²) in [4.78, 5) is 54.3. The molecule has 2 saturated heterocycles. The Hall–Kier alpha value is -4.43. The number of aliphatic hydroxyl groups excluding tert-OH is 1. The molecule has 77 heavy (non-hydrogen) atoms. The lowest BCUT2D eigenvalue weighted by Crippen LogP contribution is -2.82. The number of nitrogens with zero attached hydrogens (tertiary/aromatic N) is 3. The zero-order valence-electron chi connectivity index (χ0n) is 46.2. The molecular formula is C60H83N6O11. The van der Waals surface area contributed by atoms with E-state index in [2.05, 4.69) is 56.6 Å². The van der Waals surface area contributed by atoms with Crippen LogP contribution >= 0.6 is 0 Å². The van der Waals surface area contributed by atoms with Crippen LogP contribution in [0.15, 0.2) is 48.6 Å². The first-order valence-corrected chi connectivity index (χ1v) is 28.4. The molecule has 9 aliphatic rings. The van der Waals surface area contributed by atoms with Gasteiger partial charge in [-0.25, -0.2) is 0 Å². The number of hydrogen-bond acceptors (Lipinski definition) is 15. The summed E-state index contributed by atoms with van der Waals surface area (Å²) >= 11 is 0. The molecular weight excluding hydrogens is 981 g/mol. The molecule has 3 aromatic rings. The van der Waals surface area contributed by atoms with Crippen molar-refractivity contribution in [2.24, 2.45) is 22.2 Å². The quantitative estimate of drug-likeness (QED) is 0.0571. The number of aromatic nitrogens is 1. The Morgan fingerprint density at radius 3 is 2.34 bits per heavy atom. The highest BCUT2D eigenvalue weighted by molar-refractivity contribution is 5.95. The van der Waals surface area contributed by atoms with Gasteiger partial charge in [-0.3, -0.25) is 24.2 Å². The average Bonchev–Trinajstić information content (AvgIpc) is 3.62. The van der Waals surface area contributed by atoms with Gasteiger partial charge in [0.2, 0.25) is 0 Å². The van der Waals surface area contributed by atoms with E-state index in [4.69, 9.17) is 23.7 Å². The summed E-state index contributed by atoms with van der Waals surface area (Å²) in [7, 11) is 6.61. The Labute approximate surface area is 453 Å². The van der Waals surface area contributed by atoms with E-state index in [0.717, 1.165) is 78.5 Å². The monoisotopic (exact) mass is 1060 g/mol. The second kappa shape index (κ2) is 20.6. The van der Waals surface area contributed by atoms with Gasteiger partial charge < -0.3 is 59.5 Å². The van der Waals surface area contributed by atoms with Crippen molar-refractivity contribution in [3.8, 4) is 5.75 Å². The first-order valence-electron chi connectivity index (χ1n) is 28.4. The number of Topliss-reactive ketones (excluding diaryl/α,β-unsaturated/α-hetero) is 1. The molecule has 2 aromatic carbocycles. The fourth-order valence-corrected chi connectivity index (χ4v) is 17.0. The number of para-hydroxylation sites is 1. The second-order valence-corrected chi connectivity index (χ2v) is 24.7. The Bertz CT molecular complexity index is 2740. The van der Waals surface area contributed by atoms with Crippen molar-refractivity contribution < 1.29 is 53.4 Å². The molecule has 1 aromatic heterocycles. The molecule has 4 saturated carbocycles. The van der Waals surface area contributed by atoms with Gasteiger partial charge in [0.05, 0.1) is 58.8 Å². The van der Waals surface area contributed by atoms with Gasteiger partial charge in [0.1, 0.15) is 23.9 Å². The topological polar surface area (TPSA) is 208 Å². The highest BCUT2D eigenvalue weighted by Crippen LogP contribution is 2.68. The van der Waals surface area contributed by atoms with Crippen LogP contribution < -0.4 is 20.3 Å². The van der Waals surface area contributed by atoms with Gasteiger partial charge in [0, 0.05) is 104 Å². The van der Waals surface area contributed by atoms with Crippen molar-refractivity contribution in [2.45, 2.75) is 118 Å². The lowest BCUT2D eigenvalue weighted by atomic mass is 9.47. The highest BCUT2D eigenvalue weighted by atomic mass is 16.5. The zero-order chi connectivity index (χ0) is 54.2. The largest absolute Gasteiger partial charge is 0.496 e. The minimum absolute atomic E-state index is 0.00191. The number of carbonyl (C=O) groups excluding carboxylic acids is 3. The fraction of sp³-hybridized carbons (Fsp3) is 0.667. The van der Waals surface area contributed by atoms with Crippen LogP contribution in [-0.2, 0) is 50.6 Å². The predicted octanol–water partition coefficient (Wildman–Crippen LogP) is 3.97. The first kappa shape index (κ1) is 54.5. The summed E-state index contributed by atoms with van der Waals surface area (Å²) < 4.78 is 28.4. The number of likely N-dealkylation sites (N-methyl/N-ethyl adjacent to an activating group) is 1. The molecule has 1 spiro atoms. The number of aliphatic hydroxyl groups is 3. The number of ketones is 1. The van der Waals surface area contributed by atoms with E-state index in [-0.39, 0.29) is 48.1 Å². The number of carbonyl (C=O) groups is 3. The number of methoxy groups -OCH3 is 3. The second-order valence-electron chi connectivity index (χ2n) is 24.7. The maximum atomic E-state index is 15.6. The van der Waals surface area contributed by atoms with Crippen LogP contribution in [0, 0.1) is 28.6 Å². The maximum Gasteiger partial charge on any atom is 0.322 e. The third-order valence-electron chi connectivity index (χ3n) is 20.5. The standard InChI is InChI=1S/C60H83N6O11/c1-7-57-14-10-22-66-24-21-58(49(57)66)43-29-44(59(53(70)75-6)32-39-31-54(2,71)38-65(34-39)23-13-42-41-11-8-9-12-45(41)63-48(42)59)47(74-5)30-46(43)64(3)50(58)60(72,51(57)68)52(69)62-37-56-18-15-55(16-19-56,17-20-56)36-61-33-40(67)35-77-28-27-76-26-25-73-4/h8-12,14,29-31,39,49-51,61,63,68,71-72H,7,13,15-28,32-38H2,1-6H3,(H,62,69)/t39?,49?,50?,51-,54+,55?,56?,57-,58?,59+,60+/m1/s1. The number of amides is 1. The Morgan fingerprint density at radius 2 is 1.61 bits per heavy atom. The molecule has 6 heterocycles. The van der Waals surface area contributed by atoms with E-state index in [1.807, 2.05) is 49.6 Å². The first-order chi connectivity index (χ1) is 37.0. The van der Waals surface area contributed by atoms with Gasteiger partial charge in [-0.2, -0.15) is 0 Å². The number of piperidine rings is 1. The Balaban J connectivity index is 0.921. The highest BCUT2D eigenvalue weighted by Gasteiger charge is 2.79. The summed E-state index contributed by atoms with van der Waals surface area (Å²) in [5, 5.41) is 46.6. The maximum absolute atomic E-state index is 15.6. The molecule has 419 valence electrons. The summed E-state index contributed by atoms with van der Waals surface area (Å²) in [5.41, 5.74) is -1.88. The SMILES string of the molecule is CC[C@]12C=CCN3CCC4(c5cc([C@@]6(C(=O)OC)CC7[CH][C@](C)(O)CN(CCc8c6[nH]c6ccccc86)C7)c(OC)cc5N(C)C4[C@@](O)(C(=O)NCC45CCC(CNCC(=O)COCCOCCOC)(CC4)CC5)[C@@H]1O)C32. The third-order valence-corrected chi connectivity index (χ3v) is 20.5. The molecule has 1 radical (unpaired) electrons. The van der Waals surface area contributed by atoms with Crippen molar-refractivity contribution in [1.29, 1.82) is 0 Å². The molecule has 5 aliphatic heterocycles. The number of rotatable bonds is 19. The minimum atomic E-state index is -2.28. The summed E-state index contributed by atoms with van der Waals surface area (Å²) in [6.45, 7) is 10.2. The van der Waals surface area contributed by atoms with E-state index in [0.29, 0.717) is 96.3 Å². The molecule has 4 aliphatic carbocycles. The van der Waals surface area contributed by atoms with Gasteiger partial charge in [0.25, 0.3) is 5.91 Å². The molecule has 4 bridgehead atoms. The van der Waals surface area contributed by atoms with E-state index in [9.17, 15) is 20.1 Å².